The summed E-state index contributed by atoms with van der Waals surface area (Å²) in [6.45, 7) is 3.74. The maximum absolute atomic E-state index is 13.6. The third-order valence-electron chi connectivity index (χ3n) is 4.90. The normalized spacial score (nSPS) is 16.2. The number of aromatic nitrogens is 1. The molecule has 0 saturated carbocycles. The molecule has 1 saturated heterocycles. The molecule has 1 unspecified atom stereocenters. The van der Waals surface area contributed by atoms with Crippen molar-refractivity contribution in [1.82, 2.24) is 9.88 Å². The minimum absolute atomic E-state index is 0.215. The first kappa shape index (κ1) is 19.4. The van der Waals surface area contributed by atoms with Crippen molar-refractivity contribution < 1.29 is 14.0 Å². The number of halogens is 1. The van der Waals surface area contributed by atoms with Gasteiger partial charge in [0, 0.05) is 28.6 Å². The van der Waals surface area contributed by atoms with Crippen molar-refractivity contribution in [1.29, 1.82) is 0 Å². The molecule has 2 heterocycles. The molecule has 1 N–H and O–H groups in total. The van der Waals surface area contributed by atoms with Crippen LogP contribution < -0.4 is 5.32 Å². The summed E-state index contributed by atoms with van der Waals surface area (Å²) in [5.74, 6) is 0.0881. The number of fused-ring (bicyclic) bond motifs is 1. The molecule has 1 fully saturated rings. The Labute approximate surface area is 172 Å². The van der Waals surface area contributed by atoms with E-state index in [1.165, 1.54) is 23.9 Å². The van der Waals surface area contributed by atoms with Crippen LogP contribution in [0.5, 0.6) is 0 Å². The van der Waals surface area contributed by atoms with Gasteiger partial charge in [0.2, 0.25) is 5.91 Å². The molecule has 0 aliphatic carbocycles. The molecule has 148 valence electrons. The SMILES string of the molecule is Cc1ccc(NC(=O)C2CSCN2C(=O)c2cc(C)nc3cc(F)ccc23)cc1. The highest BCUT2D eigenvalue weighted by Gasteiger charge is 2.35. The molecule has 1 atom stereocenters. The van der Waals surface area contributed by atoms with Gasteiger partial charge in [-0.15, -0.1) is 11.8 Å². The van der Waals surface area contributed by atoms with E-state index in [0.717, 1.165) is 5.56 Å². The van der Waals surface area contributed by atoms with E-state index < -0.39 is 11.9 Å². The summed E-state index contributed by atoms with van der Waals surface area (Å²) in [6, 6.07) is 12.9. The van der Waals surface area contributed by atoms with Crippen molar-refractivity contribution >= 4 is 40.2 Å². The van der Waals surface area contributed by atoms with E-state index >= 15 is 0 Å². The number of benzene rings is 2. The zero-order valence-electron chi connectivity index (χ0n) is 16.1. The van der Waals surface area contributed by atoms with Gasteiger partial charge in [-0.1, -0.05) is 17.7 Å². The predicted octanol–water partition coefficient (Wildman–Crippen LogP) is 4.14. The van der Waals surface area contributed by atoms with Crippen LogP contribution in [0, 0.1) is 19.7 Å². The number of anilines is 1. The van der Waals surface area contributed by atoms with Crippen LogP contribution in [0.1, 0.15) is 21.6 Å². The van der Waals surface area contributed by atoms with E-state index in [9.17, 15) is 14.0 Å². The fraction of sp³-hybridized carbons (Fsp3) is 0.227. The number of carbonyl (C=O) groups excluding carboxylic acids is 2. The molecule has 1 aliphatic rings. The Morgan fingerprint density at radius 3 is 2.66 bits per heavy atom. The van der Waals surface area contributed by atoms with Gasteiger partial charge in [-0.05, 0) is 44.2 Å². The highest BCUT2D eigenvalue weighted by molar-refractivity contribution is 7.99. The van der Waals surface area contributed by atoms with E-state index in [1.54, 1.807) is 24.0 Å². The highest BCUT2D eigenvalue weighted by Crippen LogP contribution is 2.27. The molecule has 3 aromatic rings. The summed E-state index contributed by atoms with van der Waals surface area (Å²) < 4.78 is 13.6. The van der Waals surface area contributed by atoms with Gasteiger partial charge in [-0.3, -0.25) is 14.6 Å². The standard InChI is InChI=1S/C22H20FN3O2S/c1-13-3-6-16(7-4-13)25-21(27)20-11-29-12-26(20)22(28)18-9-14(2)24-19-10-15(23)5-8-17(18)19/h3-10,20H,11-12H2,1-2H3,(H,25,27). The lowest BCUT2D eigenvalue weighted by molar-refractivity contribution is -0.119. The monoisotopic (exact) mass is 409 g/mol. The van der Waals surface area contributed by atoms with Crippen LogP contribution in [0.2, 0.25) is 0 Å². The average molecular weight is 409 g/mol. The van der Waals surface area contributed by atoms with Crippen LogP contribution in [0.3, 0.4) is 0 Å². The van der Waals surface area contributed by atoms with Gasteiger partial charge in [-0.25, -0.2) is 4.39 Å². The molecule has 0 spiro atoms. The third-order valence-corrected chi connectivity index (χ3v) is 5.91. The van der Waals surface area contributed by atoms with E-state index in [4.69, 9.17) is 0 Å². The molecule has 0 radical (unpaired) electrons. The van der Waals surface area contributed by atoms with Crippen LogP contribution in [0.4, 0.5) is 10.1 Å². The van der Waals surface area contributed by atoms with Gasteiger partial charge in [0.25, 0.3) is 5.91 Å². The fourth-order valence-corrected chi connectivity index (χ4v) is 4.54. The van der Waals surface area contributed by atoms with Gasteiger partial charge in [-0.2, -0.15) is 0 Å². The molecule has 0 bridgehead atoms. The second-order valence-corrected chi connectivity index (χ2v) is 8.12. The van der Waals surface area contributed by atoms with Crippen molar-refractivity contribution in [2.75, 3.05) is 16.9 Å². The van der Waals surface area contributed by atoms with Gasteiger partial charge < -0.3 is 10.2 Å². The summed E-state index contributed by atoms with van der Waals surface area (Å²) >= 11 is 1.54. The van der Waals surface area contributed by atoms with Crippen molar-refractivity contribution in [2.45, 2.75) is 19.9 Å². The lowest BCUT2D eigenvalue weighted by Gasteiger charge is -2.24. The van der Waals surface area contributed by atoms with E-state index in [1.807, 2.05) is 31.2 Å². The Hall–Kier alpha value is -2.93. The van der Waals surface area contributed by atoms with Gasteiger partial charge >= 0.3 is 0 Å². The summed E-state index contributed by atoms with van der Waals surface area (Å²) in [7, 11) is 0. The number of hydrogen-bond acceptors (Lipinski definition) is 4. The number of hydrogen-bond donors (Lipinski definition) is 1. The molecular formula is C22H20FN3O2S. The first-order chi connectivity index (χ1) is 13.9. The molecule has 2 aromatic carbocycles. The number of amides is 2. The lowest BCUT2D eigenvalue weighted by Crippen LogP contribution is -2.44. The largest absolute Gasteiger partial charge is 0.324 e. The van der Waals surface area contributed by atoms with Crippen LogP contribution >= 0.6 is 11.8 Å². The highest BCUT2D eigenvalue weighted by atomic mass is 32.2. The van der Waals surface area contributed by atoms with Crippen LogP contribution in [0.25, 0.3) is 10.9 Å². The number of rotatable bonds is 3. The Morgan fingerprint density at radius 1 is 1.14 bits per heavy atom. The predicted molar refractivity (Wildman–Crippen MR) is 114 cm³/mol. The number of nitrogens with one attached hydrogen (secondary N) is 1. The van der Waals surface area contributed by atoms with Crippen molar-refractivity contribution in [3.05, 3.63) is 71.2 Å². The summed E-state index contributed by atoms with van der Waals surface area (Å²) in [6.07, 6.45) is 0. The van der Waals surface area contributed by atoms with Crippen LogP contribution in [-0.2, 0) is 4.79 Å². The first-order valence-corrected chi connectivity index (χ1v) is 10.4. The van der Waals surface area contributed by atoms with Gasteiger partial charge in [0.15, 0.2) is 0 Å². The molecular weight excluding hydrogens is 389 g/mol. The van der Waals surface area contributed by atoms with Gasteiger partial charge in [0.05, 0.1) is 17.0 Å². The minimum Gasteiger partial charge on any atom is -0.324 e. The second kappa shape index (κ2) is 7.83. The van der Waals surface area contributed by atoms with E-state index in [-0.39, 0.29) is 11.8 Å². The van der Waals surface area contributed by atoms with E-state index in [0.29, 0.717) is 39.5 Å². The fourth-order valence-electron chi connectivity index (χ4n) is 3.39. The minimum atomic E-state index is -0.572. The third kappa shape index (κ3) is 3.96. The number of pyridine rings is 1. The Bertz CT molecular complexity index is 1100. The molecule has 2 amide bonds. The molecule has 29 heavy (non-hydrogen) atoms. The number of carbonyl (C=O) groups is 2. The topological polar surface area (TPSA) is 62.3 Å². The number of nitrogens with zero attached hydrogens (tertiary/aromatic N) is 2. The second-order valence-electron chi connectivity index (χ2n) is 7.12. The zero-order valence-corrected chi connectivity index (χ0v) is 16.9. The summed E-state index contributed by atoms with van der Waals surface area (Å²) in [5.41, 5.74) is 3.29. The van der Waals surface area contributed by atoms with Crippen molar-refractivity contribution in [2.24, 2.45) is 0 Å². The number of thioether (sulfide) groups is 1. The number of aryl methyl sites for hydroxylation is 2. The zero-order chi connectivity index (χ0) is 20.5. The van der Waals surface area contributed by atoms with Gasteiger partial charge in [0.1, 0.15) is 11.9 Å². The summed E-state index contributed by atoms with van der Waals surface area (Å²) in [5, 5.41) is 3.48. The first-order valence-electron chi connectivity index (χ1n) is 9.25. The Balaban J connectivity index is 1.62. The molecule has 4 rings (SSSR count). The molecule has 7 heteroatoms. The van der Waals surface area contributed by atoms with Crippen molar-refractivity contribution in [3.63, 3.8) is 0 Å². The van der Waals surface area contributed by atoms with Crippen molar-refractivity contribution in [3.8, 4) is 0 Å². The summed E-state index contributed by atoms with van der Waals surface area (Å²) in [4.78, 5) is 32.1. The molecule has 5 nitrogen and oxygen atoms in total. The molecule has 1 aromatic heterocycles. The maximum atomic E-state index is 13.6. The lowest BCUT2D eigenvalue weighted by atomic mass is 10.1. The van der Waals surface area contributed by atoms with E-state index in [2.05, 4.69) is 10.3 Å². The molecule has 1 aliphatic heterocycles. The van der Waals surface area contributed by atoms with Crippen LogP contribution in [0.15, 0.2) is 48.5 Å². The van der Waals surface area contributed by atoms with Crippen LogP contribution in [-0.4, -0.2) is 39.4 Å². The Kier molecular flexibility index (Phi) is 5.24. The smallest absolute Gasteiger partial charge is 0.256 e. The Morgan fingerprint density at radius 2 is 1.90 bits per heavy atom. The average Bonchev–Trinajstić information content (AvgIpc) is 3.18. The quantitative estimate of drug-likeness (QED) is 0.706. The maximum Gasteiger partial charge on any atom is 0.256 e.